The van der Waals surface area contributed by atoms with E-state index in [4.69, 9.17) is 4.74 Å². The van der Waals surface area contributed by atoms with Gasteiger partial charge in [0, 0.05) is 12.1 Å². The Morgan fingerprint density at radius 3 is 3.12 bits per heavy atom. The van der Waals surface area contributed by atoms with Crippen molar-refractivity contribution >= 4 is 17.6 Å². The molecule has 0 amide bonds. The number of carbonyl (C=O) groups excluding carboxylic acids is 1. The van der Waals surface area contributed by atoms with Crippen molar-refractivity contribution in [3.63, 3.8) is 0 Å². The van der Waals surface area contributed by atoms with Gasteiger partial charge in [0.05, 0.1) is 12.7 Å². The minimum Gasteiger partial charge on any atom is -0.495 e. The number of pyridine rings is 1. The lowest BCUT2D eigenvalue weighted by Crippen LogP contribution is -2.31. The van der Waals surface area contributed by atoms with E-state index < -0.39 is 0 Å². The first-order valence-electron chi connectivity index (χ1n) is 4.99. The summed E-state index contributed by atoms with van der Waals surface area (Å²) in [5.41, 5.74) is 2.29. The van der Waals surface area contributed by atoms with Gasteiger partial charge in [0.15, 0.2) is 24.8 Å². The van der Waals surface area contributed by atoms with E-state index >= 15 is 0 Å². The molecule has 0 saturated heterocycles. The maximum absolute atomic E-state index is 10.9. The molecule has 1 aliphatic rings. The largest absolute Gasteiger partial charge is 0.495 e. The van der Waals surface area contributed by atoms with Crippen LogP contribution in [0.4, 0.5) is 0 Å². The third-order valence-electron chi connectivity index (χ3n) is 2.80. The molecular formula is C12H10NO2S+. The predicted molar refractivity (Wildman–Crippen MR) is 61.0 cm³/mol. The number of thiophene rings is 1. The zero-order valence-corrected chi connectivity index (χ0v) is 9.58. The van der Waals surface area contributed by atoms with Crippen LogP contribution < -0.4 is 9.30 Å². The third kappa shape index (κ3) is 1.13. The topological polar surface area (TPSA) is 30.2 Å². The van der Waals surface area contributed by atoms with Gasteiger partial charge in [0.1, 0.15) is 9.75 Å². The van der Waals surface area contributed by atoms with Crippen molar-refractivity contribution in [2.45, 2.75) is 6.54 Å². The summed E-state index contributed by atoms with van der Waals surface area (Å²) < 4.78 is 7.48. The number of rotatable bonds is 2. The van der Waals surface area contributed by atoms with Crippen molar-refractivity contribution in [1.82, 2.24) is 0 Å². The van der Waals surface area contributed by atoms with Gasteiger partial charge in [-0.1, -0.05) is 0 Å². The lowest BCUT2D eigenvalue weighted by atomic mass is 10.2. The quantitative estimate of drug-likeness (QED) is 0.499. The molecular weight excluding hydrogens is 222 g/mol. The smallest absolute Gasteiger partial charge is 0.223 e. The molecule has 1 aliphatic heterocycles. The van der Waals surface area contributed by atoms with Gasteiger partial charge >= 0.3 is 0 Å². The Hall–Kier alpha value is -1.68. The number of methoxy groups -OCH3 is 1. The van der Waals surface area contributed by atoms with E-state index in [9.17, 15) is 4.79 Å². The predicted octanol–water partition coefficient (Wildman–Crippen LogP) is 1.89. The molecule has 0 fully saturated rings. The Balaban J connectivity index is 2.26. The number of nitrogens with zero attached hydrogens (tertiary/aromatic N) is 1. The van der Waals surface area contributed by atoms with E-state index in [1.54, 1.807) is 7.11 Å². The van der Waals surface area contributed by atoms with Gasteiger partial charge in [-0.05, 0) is 6.07 Å². The number of aldehydes is 1. The molecule has 0 unspecified atom stereocenters. The Kier molecular flexibility index (Phi) is 2.04. The van der Waals surface area contributed by atoms with Crippen LogP contribution in [0.25, 0.3) is 10.6 Å². The number of fused-ring (bicyclic) bond motifs is 3. The van der Waals surface area contributed by atoms with Gasteiger partial charge in [-0.2, -0.15) is 4.57 Å². The maximum Gasteiger partial charge on any atom is 0.223 e. The molecule has 0 N–H and O–H groups in total. The van der Waals surface area contributed by atoms with Crippen LogP contribution in [0.2, 0.25) is 0 Å². The zero-order chi connectivity index (χ0) is 11.1. The van der Waals surface area contributed by atoms with Crippen molar-refractivity contribution in [2.75, 3.05) is 7.11 Å². The highest BCUT2D eigenvalue weighted by molar-refractivity contribution is 7.17. The Bertz CT molecular complexity index is 574. The molecule has 0 bridgehead atoms. The summed E-state index contributed by atoms with van der Waals surface area (Å²) in [5.74, 6) is 0.735. The van der Waals surface area contributed by atoms with Crippen molar-refractivity contribution in [3.05, 3.63) is 34.8 Å². The van der Waals surface area contributed by atoms with Gasteiger partial charge < -0.3 is 4.74 Å². The van der Waals surface area contributed by atoms with Crippen molar-refractivity contribution in [3.8, 4) is 16.3 Å². The SMILES string of the molecule is COc1c(C=O)sc2c1C[n+]1ccccc1-2. The summed E-state index contributed by atoms with van der Waals surface area (Å²) in [6, 6.07) is 6.08. The summed E-state index contributed by atoms with van der Waals surface area (Å²) >= 11 is 1.50. The zero-order valence-electron chi connectivity index (χ0n) is 8.77. The van der Waals surface area contributed by atoms with E-state index in [1.165, 1.54) is 11.3 Å². The summed E-state index contributed by atoms with van der Waals surface area (Å²) in [6.07, 6.45) is 2.91. The highest BCUT2D eigenvalue weighted by atomic mass is 32.1. The fourth-order valence-electron chi connectivity index (χ4n) is 2.11. The van der Waals surface area contributed by atoms with Crippen molar-refractivity contribution in [2.24, 2.45) is 0 Å². The Morgan fingerprint density at radius 1 is 1.50 bits per heavy atom. The summed E-state index contributed by atoms with van der Waals surface area (Å²) in [5, 5.41) is 0. The van der Waals surface area contributed by atoms with E-state index in [-0.39, 0.29) is 0 Å². The highest BCUT2D eigenvalue weighted by Crippen LogP contribution is 2.42. The van der Waals surface area contributed by atoms with Gasteiger partial charge in [-0.25, -0.2) is 0 Å². The minimum atomic E-state index is 0.683. The van der Waals surface area contributed by atoms with Crippen LogP contribution in [0.1, 0.15) is 15.2 Å². The van der Waals surface area contributed by atoms with E-state index in [1.807, 2.05) is 18.3 Å². The molecule has 3 heterocycles. The molecule has 0 saturated carbocycles. The van der Waals surface area contributed by atoms with Crippen molar-refractivity contribution < 1.29 is 14.1 Å². The van der Waals surface area contributed by atoms with Gasteiger partial charge in [-0.15, -0.1) is 11.3 Å². The molecule has 0 spiro atoms. The van der Waals surface area contributed by atoms with E-state index in [2.05, 4.69) is 10.6 Å². The molecule has 3 nitrogen and oxygen atoms in total. The molecule has 0 aliphatic carbocycles. The standard InChI is InChI=1S/C12H10NO2S/c1-15-11-8-6-13-5-3-2-4-9(13)12(8)16-10(11)7-14/h2-5,7H,6H2,1H3/q+1. The van der Waals surface area contributed by atoms with Crippen LogP contribution in [0.3, 0.4) is 0 Å². The lowest BCUT2D eigenvalue weighted by molar-refractivity contribution is -0.672. The average molecular weight is 232 g/mol. The molecule has 80 valence electrons. The molecule has 2 aromatic rings. The molecule has 2 aromatic heterocycles. The van der Waals surface area contributed by atoms with Crippen LogP contribution in [0.15, 0.2) is 24.4 Å². The molecule has 0 radical (unpaired) electrons. The van der Waals surface area contributed by atoms with Crippen molar-refractivity contribution in [1.29, 1.82) is 0 Å². The third-order valence-corrected chi connectivity index (χ3v) is 3.96. The first-order valence-corrected chi connectivity index (χ1v) is 5.80. The van der Waals surface area contributed by atoms with Crippen LogP contribution >= 0.6 is 11.3 Å². The minimum absolute atomic E-state index is 0.683. The number of ether oxygens (including phenoxy) is 1. The first-order chi connectivity index (χ1) is 7.85. The fraction of sp³-hybridized carbons (Fsp3) is 0.167. The van der Waals surface area contributed by atoms with Gasteiger partial charge in [-0.3, -0.25) is 4.79 Å². The van der Waals surface area contributed by atoms with Crippen LogP contribution in [-0.2, 0) is 6.54 Å². The second-order valence-electron chi connectivity index (χ2n) is 3.64. The normalized spacial score (nSPS) is 12.1. The van der Waals surface area contributed by atoms with Crippen LogP contribution in [-0.4, -0.2) is 13.4 Å². The Morgan fingerprint density at radius 2 is 2.38 bits per heavy atom. The highest BCUT2D eigenvalue weighted by Gasteiger charge is 2.33. The van der Waals surface area contributed by atoms with Crippen LogP contribution in [0, 0.1) is 0 Å². The number of aromatic nitrogens is 1. The molecule has 3 rings (SSSR count). The van der Waals surface area contributed by atoms with Crippen LogP contribution in [0.5, 0.6) is 5.75 Å². The number of hydrogen-bond donors (Lipinski definition) is 0. The van der Waals surface area contributed by atoms with Gasteiger partial charge in [0.25, 0.3) is 0 Å². The molecule has 0 atom stereocenters. The Labute approximate surface area is 96.9 Å². The summed E-state index contributed by atoms with van der Waals surface area (Å²) in [6.45, 7) is 0.791. The lowest BCUT2D eigenvalue weighted by Gasteiger charge is -1.98. The number of carbonyl (C=O) groups is 1. The second-order valence-corrected chi connectivity index (χ2v) is 4.69. The molecule has 4 heteroatoms. The van der Waals surface area contributed by atoms with Gasteiger partial charge in [0.2, 0.25) is 5.69 Å². The monoisotopic (exact) mass is 232 g/mol. The fourth-order valence-corrected chi connectivity index (χ4v) is 3.25. The maximum atomic E-state index is 10.9. The molecule has 0 aromatic carbocycles. The average Bonchev–Trinajstić information content (AvgIpc) is 2.83. The summed E-state index contributed by atoms with van der Waals surface area (Å²) in [4.78, 5) is 12.8. The first kappa shape index (κ1) is 9.54. The summed E-state index contributed by atoms with van der Waals surface area (Å²) in [7, 11) is 1.61. The molecule has 16 heavy (non-hydrogen) atoms. The van der Waals surface area contributed by atoms with E-state index in [0.29, 0.717) is 4.88 Å². The number of hydrogen-bond acceptors (Lipinski definition) is 3. The second kappa shape index (κ2) is 3.42. The van der Waals surface area contributed by atoms with E-state index in [0.717, 1.165) is 34.7 Å².